The SMILES string of the molecule is CC(C)CCC(C)N1C(=O)C(C)NC1c1ccc(Cl)cc1. The molecule has 116 valence electrons. The van der Waals surface area contributed by atoms with E-state index < -0.39 is 0 Å². The molecule has 0 bridgehead atoms. The Bertz CT molecular complexity index is 486. The molecule has 0 aliphatic carbocycles. The minimum absolute atomic E-state index is 0.0491. The van der Waals surface area contributed by atoms with E-state index in [1.54, 1.807) is 0 Å². The van der Waals surface area contributed by atoms with Gasteiger partial charge in [0.15, 0.2) is 0 Å². The molecule has 0 spiro atoms. The third-order valence-electron chi connectivity index (χ3n) is 4.13. The number of halogens is 1. The predicted molar refractivity (Wildman–Crippen MR) is 87.2 cm³/mol. The molecule has 1 aromatic carbocycles. The minimum atomic E-state index is -0.132. The number of carbonyl (C=O) groups excluding carboxylic acids is 1. The Morgan fingerprint density at radius 3 is 2.38 bits per heavy atom. The molecule has 0 aromatic heterocycles. The highest BCUT2D eigenvalue weighted by Gasteiger charge is 2.39. The van der Waals surface area contributed by atoms with E-state index in [1.165, 1.54) is 0 Å². The zero-order valence-corrected chi connectivity index (χ0v) is 14.0. The third-order valence-corrected chi connectivity index (χ3v) is 4.39. The quantitative estimate of drug-likeness (QED) is 0.892. The zero-order chi connectivity index (χ0) is 15.6. The molecule has 2 rings (SSSR count). The summed E-state index contributed by atoms with van der Waals surface area (Å²) in [5, 5.41) is 4.11. The van der Waals surface area contributed by atoms with Crippen LogP contribution in [0.15, 0.2) is 24.3 Å². The smallest absolute Gasteiger partial charge is 0.241 e. The molecule has 1 aromatic rings. The summed E-state index contributed by atoms with van der Waals surface area (Å²) in [6.45, 7) is 8.51. The topological polar surface area (TPSA) is 32.3 Å². The van der Waals surface area contributed by atoms with Gasteiger partial charge in [0.05, 0.1) is 6.04 Å². The van der Waals surface area contributed by atoms with E-state index in [0.29, 0.717) is 5.92 Å². The molecule has 1 N–H and O–H groups in total. The lowest BCUT2D eigenvalue weighted by atomic mass is 10.0. The Morgan fingerprint density at radius 1 is 1.19 bits per heavy atom. The molecule has 3 nitrogen and oxygen atoms in total. The number of benzene rings is 1. The molecule has 1 amide bonds. The second kappa shape index (κ2) is 6.80. The van der Waals surface area contributed by atoms with E-state index in [4.69, 9.17) is 11.6 Å². The molecule has 1 heterocycles. The molecular formula is C17H25ClN2O. The van der Waals surface area contributed by atoms with Gasteiger partial charge in [-0.25, -0.2) is 0 Å². The van der Waals surface area contributed by atoms with Gasteiger partial charge in [-0.3, -0.25) is 10.1 Å². The fourth-order valence-corrected chi connectivity index (χ4v) is 2.95. The van der Waals surface area contributed by atoms with Gasteiger partial charge in [-0.2, -0.15) is 0 Å². The fourth-order valence-electron chi connectivity index (χ4n) is 2.83. The van der Waals surface area contributed by atoms with E-state index in [2.05, 4.69) is 26.1 Å². The van der Waals surface area contributed by atoms with Crippen molar-refractivity contribution in [3.05, 3.63) is 34.9 Å². The van der Waals surface area contributed by atoms with Crippen LogP contribution >= 0.6 is 11.6 Å². The van der Waals surface area contributed by atoms with Gasteiger partial charge in [0.25, 0.3) is 0 Å². The first-order chi connectivity index (χ1) is 9.90. The molecular weight excluding hydrogens is 284 g/mol. The van der Waals surface area contributed by atoms with Crippen molar-refractivity contribution >= 4 is 17.5 Å². The number of nitrogens with zero attached hydrogens (tertiary/aromatic N) is 1. The molecule has 21 heavy (non-hydrogen) atoms. The highest BCUT2D eigenvalue weighted by atomic mass is 35.5. The molecule has 1 aliphatic heterocycles. The molecule has 1 fully saturated rings. The first kappa shape index (κ1) is 16.3. The largest absolute Gasteiger partial charge is 0.319 e. The molecule has 3 unspecified atom stereocenters. The van der Waals surface area contributed by atoms with Crippen molar-refractivity contribution < 1.29 is 4.79 Å². The normalized spacial score (nSPS) is 23.9. The van der Waals surface area contributed by atoms with Crippen LogP contribution < -0.4 is 5.32 Å². The number of carbonyl (C=O) groups is 1. The lowest BCUT2D eigenvalue weighted by molar-refractivity contribution is -0.132. The molecule has 1 aliphatic rings. The van der Waals surface area contributed by atoms with E-state index in [-0.39, 0.29) is 24.2 Å². The van der Waals surface area contributed by atoms with Crippen molar-refractivity contribution in [3.63, 3.8) is 0 Å². The molecule has 1 saturated heterocycles. The maximum absolute atomic E-state index is 12.5. The summed E-state index contributed by atoms with van der Waals surface area (Å²) in [5.74, 6) is 0.843. The zero-order valence-electron chi connectivity index (χ0n) is 13.3. The Labute approximate surface area is 132 Å². The van der Waals surface area contributed by atoms with Crippen LogP contribution in [-0.2, 0) is 4.79 Å². The highest BCUT2D eigenvalue weighted by molar-refractivity contribution is 6.30. The van der Waals surface area contributed by atoms with Gasteiger partial charge >= 0.3 is 0 Å². The maximum atomic E-state index is 12.5. The summed E-state index contributed by atoms with van der Waals surface area (Å²) < 4.78 is 0. The van der Waals surface area contributed by atoms with Crippen molar-refractivity contribution in [2.45, 2.75) is 58.8 Å². The summed E-state index contributed by atoms with van der Waals surface area (Å²) in [4.78, 5) is 14.5. The highest BCUT2D eigenvalue weighted by Crippen LogP contribution is 2.30. The number of hydrogen-bond acceptors (Lipinski definition) is 2. The van der Waals surface area contributed by atoms with Crippen LogP contribution in [0.5, 0.6) is 0 Å². The summed E-state index contributed by atoms with van der Waals surface area (Å²) in [6.07, 6.45) is 2.11. The monoisotopic (exact) mass is 308 g/mol. The van der Waals surface area contributed by atoms with Crippen LogP contribution in [0, 0.1) is 5.92 Å². The first-order valence-corrected chi connectivity index (χ1v) is 8.11. The second-order valence-electron chi connectivity index (χ2n) is 6.41. The fraction of sp³-hybridized carbons (Fsp3) is 0.588. The number of nitrogens with one attached hydrogen (secondary N) is 1. The summed E-state index contributed by atoms with van der Waals surface area (Å²) in [5.41, 5.74) is 1.09. The number of rotatable bonds is 5. The van der Waals surface area contributed by atoms with Crippen LogP contribution in [0.1, 0.15) is 52.3 Å². The third kappa shape index (κ3) is 3.78. The number of amides is 1. The van der Waals surface area contributed by atoms with E-state index in [0.717, 1.165) is 23.4 Å². The van der Waals surface area contributed by atoms with Crippen molar-refractivity contribution in [1.82, 2.24) is 10.2 Å². The molecule has 0 radical (unpaired) electrons. The van der Waals surface area contributed by atoms with Crippen LogP contribution in [0.25, 0.3) is 0 Å². The number of hydrogen-bond donors (Lipinski definition) is 1. The van der Waals surface area contributed by atoms with Crippen LogP contribution in [0.2, 0.25) is 5.02 Å². The Morgan fingerprint density at radius 2 is 1.81 bits per heavy atom. The average molecular weight is 309 g/mol. The van der Waals surface area contributed by atoms with Gasteiger partial charge in [-0.1, -0.05) is 37.6 Å². The van der Waals surface area contributed by atoms with Crippen molar-refractivity contribution in [3.8, 4) is 0 Å². The molecule has 4 heteroatoms. The molecule has 0 saturated carbocycles. The lowest BCUT2D eigenvalue weighted by Crippen LogP contribution is -2.38. The van der Waals surface area contributed by atoms with Crippen LogP contribution in [0.4, 0.5) is 0 Å². The Kier molecular flexibility index (Phi) is 5.28. The van der Waals surface area contributed by atoms with Crippen molar-refractivity contribution in [1.29, 1.82) is 0 Å². The minimum Gasteiger partial charge on any atom is -0.319 e. The van der Waals surface area contributed by atoms with E-state index >= 15 is 0 Å². The van der Waals surface area contributed by atoms with Gasteiger partial charge in [-0.15, -0.1) is 0 Å². The average Bonchev–Trinajstić information content (AvgIpc) is 2.73. The predicted octanol–water partition coefficient (Wildman–Crippen LogP) is 3.98. The van der Waals surface area contributed by atoms with Crippen LogP contribution in [-0.4, -0.2) is 22.9 Å². The van der Waals surface area contributed by atoms with Gasteiger partial charge in [0.2, 0.25) is 5.91 Å². The maximum Gasteiger partial charge on any atom is 0.241 e. The Hall–Kier alpha value is -1.06. The van der Waals surface area contributed by atoms with Crippen molar-refractivity contribution in [2.75, 3.05) is 0 Å². The summed E-state index contributed by atoms with van der Waals surface area (Å²) in [7, 11) is 0. The van der Waals surface area contributed by atoms with Gasteiger partial charge in [0, 0.05) is 11.1 Å². The van der Waals surface area contributed by atoms with Gasteiger partial charge in [-0.05, 0) is 50.3 Å². The van der Waals surface area contributed by atoms with Gasteiger partial charge < -0.3 is 4.90 Å². The first-order valence-electron chi connectivity index (χ1n) is 7.74. The second-order valence-corrected chi connectivity index (χ2v) is 6.84. The molecule has 3 atom stereocenters. The standard InChI is InChI=1S/C17H25ClN2O/c1-11(2)5-6-12(3)20-16(19-13(4)17(20)21)14-7-9-15(18)10-8-14/h7-13,16,19H,5-6H2,1-4H3. The van der Waals surface area contributed by atoms with Crippen LogP contribution in [0.3, 0.4) is 0 Å². The van der Waals surface area contributed by atoms with E-state index in [1.807, 2.05) is 36.1 Å². The summed E-state index contributed by atoms with van der Waals surface area (Å²) in [6, 6.07) is 7.85. The summed E-state index contributed by atoms with van der Waals surface area (Å²) >= 11 is 5.96. The van der Waals surface area contributed by atoms with E-state index in [9.17, 15) is 4.79 Å². The van der Waals surface area contributed by atoms with Crippen molar-refractivity contribution in [2.24, 2.45) is 5.92 Å². The lowest BCUT2D eigenvalue weighted by Gasteiger charge is -2.31. The van der Waals surface area contributed by atoms with Gasteiger partial charge in [0.1, 0.15) is 6.17 Å². The Balaban J connectivity index is 2.18.